The number of alkyl halides is 3. The molecule has 0 atom stereocenters. The first-order valence-electron chi connectivity index (χ1n) is 4.37. The summed E-state index contributed by atoms with van der Waals surface area (Å²) >= 11 is 0. The standard InChI is InChI=1S/C8H12F3NO.ClH/c9-8(10,11)7(13)3-6(4-7)1-2-12-5-6;/h12-13H,1-5H2;1H. The Morgan fingerprint density at radius 3 is 2.14 bits per heavy atom. The minimum absolute atomic E-state index is 0. The number of hydrogen-bond donors (Lipinski definition) is 2. The van der Waals surface area contributed by atoms with Crippen LogP contribution in [0.15, 0.2) is 0 Å². The van der Waals surface area contributed by atoms with Gasteiger partial charge in [0.1, 0.15) is 0 Å². The van der Waals surface area contributed by atoms with E-state index in [9.17, 15) is 18.3 Å². The van der Waals surface area contributed by atoms with E-state index in [1.165, 1.54) is 0 Å². The van der Waals surface area contributed by atoms with Crippen molar-refractivity contribution < 1.29 is 18.3 Å². The molecular weight excluding hydrogens is 219 g/mol. The van der Waals surface area contributed by atoms with Gasteiger partial charge in [-0.3, -0.25) is 0 Å². The zero-order valence-corrected chi connectivity index (χ0v) is 8.34. The highest BCUT2D eigenvalue weighted by Gasteiger charge is 2.67. The van der Waals surface area contributed by atoms with Gasteiger partial charge in [0.05, 0.1) is 0 Å². The summed E-state index contributed by atoms with van der Waals surface area (Å²) in [5.41, 5.74) is -2.68. The molecular formula is C8H13ClF3NO. The molecule has 2 N–H and O–H groups in total. The van der Waals surface area contributed by atoms with Gasteiger partial charge in [-0.1, -0.05) is 0 Å². The Morgan fingerprint density at radius 2 is 1.79 bits per heavy atom. The van der Waals surface area contributed by atoms with Crippen LogP contribution in [0.4, 0.5) is 13.2 Å². The monoisotopic (exact) mass is 231 g/mol. The van der Waals surface area contributed by atoms with Gasteiger partial charge in [0.25, 0.3) is 0 Å². The first-order chi connectivity index (χ1) is 5.87. The molecule has 2 rings (SSSR count). The lowest BCUT2D eigenvalue weighted by atomic mass is 9.58. The third-order valence-corrected chi connectivity index (χ3v) is 3.19. The second kappa shape index (κ2) is 3.25. The largest absolute Gasteiger partial charge is 0.417 e. The van der Waals surface area contributed by atoms with E-state index in [0.717, 1.165) is 13.0 Å². The summed E-state index contributed by atoms with van der Waals surface area (Å²) in [6.07, 6.45) is -3.96. The van der Waals surface area contributed by atoms with Crippen LogP contribution in [0.25, 0.3) is 0 Å². The molecule has 1 heterocycles. The second-order valence-corrected chi connectivity index (χ2v) is 4.31. The molecule has 6 heteroatoms. The van der Waals surface area contributed by atoms with Gasteiger partial charge in [0.15, 0.2) is 5.60 Å². The molecule has 0 amide bonds. The van der Waals surface area contributed by atoms with Crippen molar-refractivity contribution in [1.29, 1.82) is 0 Å². The predicted molar refractivity (Wildman–Crippen MR) is 47.4 cm³/mol. The summed E-state index contributed by atoms with van der Waals surface area (Å²) in [5, 5.41) is 12.2. The molecule has 0 aromatic carbocycles. The molecule has 0 aromatic heterocycles. The van der Waals surface area contributed by atoms with Gasteiger partial charge < -0.3 is 10.4 Å². The number of halogens is 4. The van der Waals surface area contributed by atoms with Gasteiger partial charge >= 0.3 is 6.18 Å². The van der Waals surface area contributed by atoms with Crippen molar-refractivity contribution >= 4 is 12.4 Å². The quantitative estimate of drug-likeness (QED) is 0.662. The van der Waals surface area contributed by atoms with E-state index in [-0.39, 0.29) is 30.7 Å². The van der Waals surface area contributed by atoms with Crippen LogP contribution in [0.2, 0.25) is 0 Å². The maximum absolute atomic E-state index is 12.3. The van der Waals surface area contributed by atoms with Gasteiger partial charge in [0, 0.05) is 6.54 Å². The summed E-state index contributed by atoms with van der Waals surface area (Å²) in [4.78, 5) is 0. The van der Waals surface area contributed by atoms with E-state index >= 15 is 0 Å². The van der Waals surface area contributed by atoms with Crippen LogP contribution >= 0.6 is 12.4 Å². The Hall–Kier alpha value is -0.0000000000000000486. The SMILES string of the molecule is Cl.OC1(C(F)(F)F)CC2(CCNC2)C1. The van der Waals surface area contributed by atoms with Crippen molar-refractivity contribution in [2.45, 2.75) is 31.0 Å². The molecule has 1 spiro atoms. The first-order valence-corrected chi connectivity index (χ1v) is 4.37. The Balaban J connectivity index is 0.000000980. The Labute approximate surface area is 86.3 Å². The van der Waals surface area contributed by atoms with Gasteiger partial charge in [-0.05, 0) is 31.2 Å². The first kappa shape index (κ1) is 12.1. The molecule has 2 aliphatic rings. The third-order valence-electron chi connectivity index (χ3n) is 3.19. The highest BCUT2D eigenvalue weighted by Crippen LogP contribution is 2.57. The number of nitrogens with one attached hydrogen (secondary N) is 1. The molecule has 0 unspecified atom stereocenters. The van der Waals surface area contributed by atoms with E-state index < -0.39 is 11.8 Å². The molecule has 0 bridgehead atoms. The highest BCUT2D eigenvalue weighted by molar-refractivity contribution is 5.85. The summed E-state index contributed by atoms with van der Waals surface area (Å²) < 4.78 is 36.8. The lowest BCUT2D eigenvalue weighted by Gasteiger charge is -2.51. The van der Waals surface area contributed by atoms with Crippen molar-refractivity contribution in [3.05, 3.63) is 0 Å². The summed E-state index contributed by atoms with van der Waals surface area (Å²) in [6.45, 7) is 1.39. The Morgan fingerprint density at radius 1 is 1.21 bits per heavy atom. The normalized spacial score (nSPS) is 42.0. The van der Waals surface area contributed by atoms with Crippen molar-refractivity contribution in [1.82, 2.24) is 5.32 Å². The van der Waals surface area contributed by atoms with Crippen LogP contribution in [0, 0.1) is 5.41 Å². The van der Waals surface area contributed by atoms with Gasteiger partial charge in [0.2, 0.25) is 0 Å². The molecule has 2 fully saturated rings. The van der Waals surface area contributed by atoms with Crippen molar-refractivity contribution in [2.24, 2.45) is 5.41 Å². The minimum atomic E-state index is -4.46. The van der Waals surface area contributed by atoms with E-state index in [1.54, 1.807) is 0 Å². The molecule has 84 valence electrons. The molecule has 1 aliphatic carbocycles. The lowest BCUT2D eigenvalue weighted by molar-refractivity contribution is -0.313. The molecule has 14 heavy (non-hydrogen) atoms. The topological polar surface area (TPSA) is 32.3 Å². The van der Waals surface area contributed by atoms with Crippen LogP contribution in [-0.2, 0) is 0 Å². The number of aliphatic hydroxyl groups is 1. The fraction of sp³-hybridized carbons (Fsp3) is 1.00. The molecule has 1 saturated heterocycles. The lowest BCUT2D eigenvalue weighted by Crippen LogP contribution is -2.61. The molecule has 0 radical (unpaired) electrons. The number of hydrogen-bond acceptors (Lipinski definition) is 2. The minimum Gasteiger partial charge on any atom is -0.380 e. The summed E-state index contributed by atoms with van der Waals surface area (Å²) in [5.74, 6) is 0. The van der Waals surface area contributed by atoms with Crippen molar-refractivity contribution in [3.8, 4) is 0 Å². The van der Waals surface area contributed by atoms with Crippen molar-refractivity contribution in [3.63, 3.8) is 0 Å². The average Bonchev–Trinajstić information content (AvgIpc) is 2.32. The van der Waals surface area contributed by atoms with Gasteiger partial charge in [-0.15, -0.1) is 12.4 Å². The molecule has 1 saturated carbocycles. The summed E-state index contributed by atoms with van der Waals surface area (Å²) in [7, 11) is 0. The van der Waals surface area contributed by atoms with E-state index in [2.05, 4.69) is 5.32 Å². The highest BCUT2D eigenvalue weighted by atomic mass is 35.5. The molecule has 1 aliphatic heterocycles. The Kier molecular flexibility index (Phi) is 2.80. The molecule has 2 nitrogen and oxygen atoms in total. The van der Waals surface area contributed by atoms with E-state index in [0.29, 0.717) is 6.54 Å². The summed E-state index contributed by atoms with van der Waals surface area (Å²) in [6, 6.07) is 0. The second-order valence-electron chi connectivity index (χ2n) is 4.31. The van der Waals surface area contributed by atoms with Crippen LogP contribution < -0.4 is 5.32 Å². The average molecular weight is 232 g/mol. The maximum Gasteiger partial charge on any atom is 0.417 e. The zero-order chi connectivity index (χ0) is 9.74. The fourth-order valence-electron chi connectivity index (χ4n) is 2.49. The van der Waals surface area contributed by atoms with Crippen LogP contribution in [0.3, 0.4) is 0 Å². The maximum atomic E-state index is 12.3. The predicted octanol–water partition coefficient (Wildman–Crippen LogP) is 1.48. The fourth-order valence-corrected chi connectivity index (χ4v) is 2.49. The van der Waals surface area contributed by atoms with E-state index in [1.807, 2.05) is 0 Å². The van der Waals surface area contributed by atoms with Crippen LogP contribution in [0.1, 0.15) is 19.3 Å². The van der Waals surface area contributed by atoms with Crippen molar-refractivity contribution in [2.75, 3.05) is 13.1 Å². The zero-order valence-electron chi connectivity index (χ0n) is 7.52. The van der Waals surface area contributed by atoms with Gasteiger partial charge in [-0.25, -0.2) is 0 Å². The van der Waals surface area contributed by atoms with E-state index in [4.69, 9.17) is 0 Å². The number of rotatable bonds is 0. The third kappa shape index (κ3) is 1.61. The van der Waals surface area contributed by atoms with Crippen LogP contribution in [0.5, 0.6) is 0 Å². The molecule has 0 aromatic rings. The van der Waals surface area contributed by atoms with Gasteiger partial charge in [-0.2, -0.15) is 13.2 Å². The van der Waals surface area contributed by atoms with Crippen LogP contribution in [-0.4, -0.2) is 30.0 Å². The smallest absolute Gasteiger partial charge is 0.380 e. The Bertz CT molecular complexity index is 217.